The van der Waals surface area contributed by atoms with Gasteiger partial charge < -0.3 is 15.3 Å². The minimum atomic E-state index is -1.02. The van der Waals surface area contributed by atoms with Crippen LogP contribution >= 0.6 is 0 Å². The van der Waals surface area contributed by atoms with Crippen LogP contribution in [-0.2, 0) is 14.4 Å². The second kappa shape index (κ2) is 5.34. The molecule has 0 aromatic rings. The van der Waals surface area contributed by atoms with E-state index in [1.54, 1.807) is 13.8 Å². The summed E-state index contributed by atoms with van der Waals surface area (Å²) in [5.74, 6) is -1.74. The van der Waals surface area contributed by atoms with Gasteiger partial charge in [-0.05, 0) is 26.7 Å². The summed E-state index contributed by atoms with van der Waals surface area (Å²) in [6.45, 7) is 3.56. The molecule has 0 radical (unpaired) electrons. The van der Waals surface area contributed by atoms with Crippen LogP contribution < -0.4 is 5.32 Å². The van der Waals surface area contributed by atoms with Crippen LogP contribution in [0.15, 0.2) is 0 Å². The minimum absolute atomic E-state index is 0.0320. The molecule has 1 atom stereocenters. The average Bonchev–Trinajstić information content (AvgIpc) is 2.93. The van der Waals surface area contributed by atoms with Crippen molar-refractivity contribution in [1.82, 2.24) is 15.1 Å². The lowest BCUT2D eigenvalue weighted by Gasteiger charge is -2.22. The Morgan fingerprint density at radius 1 is 1.38 bits per heavy atom. The predicted octanol–water partition coefficient (Wildman–Crippen LogP) is -0.217. The Hall–Kier alpha value is -2.12. The number of hydrogen-bond acceptors (Lipinski definition) is 4. The lowest BCUT2D eigenvalue weighted by Crippen LogP contribution is -2.43. The van der Waals surface area contributed by atoms with Gasteiger partial charge in [-0.25, -0.2) is 9.59 Å². The standard InChI is InChI=1S/C13H19N3O5/c1-13(2)11(20)16(12(21)14-13)7-5-9(17)15-6-3-4-8(15)10(18)19/h8H,3-7H2,1-2H3,(H,14,21)(H,18,19)/t8-/m0/s1. The van der Waals surface area contributed by atoms with Gasteiger partial charge in [0.15, 0.2) is 0 Å². The molecule has 21 heavy (non-hydrogen) atoms. The predicted molar refractivity (Wildman–Crippen MR) is 71.3 cm³/mol. The van der Waals surface area contributed by atoms with E-state index in [-0.39, 0.29) is 24.8 Å². The second-order valence-corrected chi connectivity index (χ2v) is 5.85. The Balaban J connectivity index is 1.94. The minimum Gasteiger partial charge on any atom is -0.480 e. The van der Waals surface area contributed by atoms with Crippen molar-refractivity contribution < 1.29 is 24.3 Å². The van der Waals surface area contributed by atoms with Crippen molar-refractivity contribution in [3.8, 4) is 0 Å². The van der Waals surface area contributed by atoms with Gasteiger partial charge in [0.2, 0.25) is 5.91 Å². The molecular formula is C13H19N3O5. The molecule has 2 saturated heterocycles. The maximum atomic E-state index is 12.1. The Kier molecular flexibility index (Phi) is 3.89. The quantitative estimate of drug-likeness (QED) is 0.698. The molecule has 116 valence electrons. The van der Waals surface area contributed by atoms with Crippen LogP contribution in [0, 0.1) is 0 Å². The SMILES string of the molecule is CC1(C)NC(=O)N(CCC(=O)N2CCC[C@H]2C(=O)O)C1=O. The summed E-state index contributed by atoms with van der Waals surface area (Å²) in [5.41, 5.74) is -0.961. The van der Waals surface area contributed by atoms with Gasteiger partial charge in [-0.1, -0.05) is 0 Å². The van der Waals surface area contributed by atoms with Gasteiger partial charge in [0, 0.05) is 19.5 Å². The van der Waals surface area contributed by atoms with Crippen molar-refractivity contribution in [3.63, 3.8) is 0 Å². The van der Waals surface area contributed by atoms with Gasteiger partial charge in [-0.3, -0.25) is 14.5 Å². The summed E-state index contributed by atoms with van der Waals surface area (Å²) in [7, 11) is 0. The van der Waals surface area contributed by atoms with E-state index in [0.717, 1.165) is 4.90 Å². The highest BCUT2D eigenvalue weighted by atomic mass is 16.4. The van der Waals surface area contributed by atoms with Crippen LogP contribution in [0.4, 0.5) is 4.79 Å². The molecular weight excluding hydrogens is 278 g/mol. The van der Waals surface area contributed by atoms with E-state index in [9.17, 15) is 19.2 Å². The van der Waals surface area contributed by atoms with E-state index in [0.29, 0.717) is 19.4 Å². The molecule has 2 heterocycles. The highest BCUT2D eigenvalue weighted by molar-refractivity contribution is 6.06. The molecule has 0 bridgehead atoms. The molecule has 0 aliphatic carbocycles. The molecule has 0 aromatic carbocycles. The number of aliphatic carboxylic acids is 1. The number of nitrogens with one attached hydrogen (secondary N) is 1. The number of rotatable bonds is 4. The number of carbonyl (C=O) groups is 4. The molecule has 2 fully saturated rings. The number of carbonyl (C=O) groups excluding carboxylic acids is 3. The first-order valence-electron chi connectivity index (χ1n) is 6.90. The molecule has 2 N–H and O–H groups in total. The molecule has 8 nitrogen and oxygen atoms in total. The van der Waals surface area contributed by atoms with E-state index in [1.165, 1.54) is 4.90 Å². The molecule has 2 aliphatic rings. The van der Waals surface area contributed by atoms with Gasteiger partial charge in [-0.15, -0.1) is 0 Å². The third-order valence-electron chi connectivity index (χ3n) is 3.85. The van der Waals surface area contributed by atoms with Crippen molar-refractivity contribution in [2.45, 2.75) is 44.7 Å². The lowest BCUT2D eigenvalue weighted by molar-refractivity contribution is -0.148. The number of urea groups is 1. The summed E-state index contributed by atoms with van der Waals surface area (Å²) in [5, 5.41) is 11.6. The molecule has 0 unspecified atom stereocenters. The summed E-state index contributed by atoms with van der Waals surface area (Å²) >= 11 is 0. The highest BCUT2D eigenvalue weighted by Gasteiger charge is 2.44. The number of likely N-dealkylation sites (tertiary alicyclic amines) is 1. The summed E-state index contributed by atoms with van der Waals surface area (Å²) in [6.07, 6.45) is 1.04. The van der Waals surface area contributed by atoms with Crippen LogP contribution in [0.1, 0.15) is 33.1 Å². The van der Waals surface area contributed by atoms with E-state index in [4.69, 9.17) is 5.11 Å². The summed E-state index contributed by atoms with van der Waals surface area (Å²) < 4.78 is 0. The number of carboxylic acids is 1. The third-order valence-corrected chi connectivity index (χ3v) is 3.85. The third kappa shape index (κ3) is 2.84. The zero-order valence-electron chi connectivity index (χ0n) is 12.1. The van der Waals surface area contributed by atoms with Crippen LogP contribution in [0.25, 0.3) is 0 Å². The van der Waals surface area contributed by atoms with Gasteiger partial charge in [-0.2, -0.15) is 0 Å². The fraction of sp³-hybridized carbons (Fsp3) is 0.692. The zero-order valence-corrected chi connectivity index (χ0v) is 12.1. The molecule has 0 spiro atoms. The molecule has 0 saturated carbocycles. The summed E-state index contributed by atoms with van der Waals surface area (Å²) in [6, 6.07) is -1.31. The monoisotopic (exact) mass is 297 g/mol. The van der Waals surface area contributed by atoms with E-state index in [2.05, 4.69) is 5.32 Å². The second-order valence-electron chi connectivity index (χ2n) is 5.85. The molecule has 4 amide bonds. The number of amides is 4. The first-order valence-corrected chi connectivity index (χ1v) is 6.90. The van der Waals surface area contributed by atoms with Crippen molar-refractivity contribution in [2.24, 2.45) is 0 Å². The Bertz CT molecular complexity index is 502. The zero-order chi connectivity index (χ0) is 15.8. The first kappa shape index (κ1) is 15.3. The number of imide groups is 1. The molecule has 8 heteroatoms. The largest absolute Gasteiger partial charge is 0.480 e. The van der Waals surface area contributed by atoms with Crippen LogP contribution in [0.2, 0.25) is 0 Å². The maximum absolute atomic E-state index is 12.1. The fourth-order valence-electron chi connectivity index (χ4n) is 2.69. The number of carboxylic acid groups (broad SMARTS) is 1. The van der Waals surface area contributed by atoms with Gasteiger partial charge in [0.05, 0.1) is 0 Å². The smallest absolute Gasteiger partial charge is 0.326 e. The average molecular weight is 297 g/mol. The van der Waals surface area contributed by atoms with E-state index < -0.39 is 23.6 Å². The first-order chi connectivity index (χ1) is 9.74. The van der Waals surface area contributed by atoms with E-state index >= 15 is 0 Å². The van der Waals surface area contributed by atoms with E-state index in [1.807, 2.05) is 0 Å². The van der Waals surface area contributed by atoms with Gasteiger partial charge in [0.25, 0.3) is 5.91 Å². The maximum Gasteiger partial charge on any atom is 0.326 e. The Morgan fingerprint density at radius 2 is 2.05 bits per heavy atom. The van der Waals surface area contributed by atoms with Crippen LogP contribution in [0.5, 0.6) is 0 Å². The molecule has 0 aromatic heterocycles. The Morgan fingerprint density at radius 3 is 2.57 bits per heavy atom. The summed E-state index contributed by atoms with van der Waals surface area (Å²) in [4.78, 5) is 49.1. The number of hydrogen-bond donors (Lipinski definition) is 2. The topological polar surface area (TPSA) is 107 Å². The van der Waals surface area contributed by atoms with Crippen LogP contribution in [-0.4, -0.2) is 63.4 Å². The van der Waals surface area contributed by atoms with Crippen molar-refractivity contribution in [1.29, 1.82) is 0 Å². The lowest BCUT2D eigenvalue weighted by atomic mass is 10.1. The van der Waals surface area contributed by atoms with Gasteiger partial charge >= 0.3 is 12.0 Å². The number of nitrogens with zero attached hydrogens (tertiary/aromatic N) is 2. The van der Waals surface area contributed by atoms with Crippen molar-refractivity contribution >= 4 is 23.8 Å². The Labute approximate surface area is 122 Å². The van der Waals surface area contributed by atoms with Gasteiger partial charge in [0.1, 0.15) is 11.6 Å². The van der Waals surface area contributed by atoms with Crippen LogP contribution in [0.3, 0.4) is 0 Å². The normalized spacial score (nSPS) is 24.4. The highest BCUT2D eigenvalue weighted by Crippen LogP contribution is 2.20. The molecule has 2 aliphatic heterocycles. The molecule has 2 rings (SSSR count). The fourth-order valence-corrected chi connectivity index (χ4v) is 2.69. The van der Waals surface area contributed by atoms with Crippen molar-refractivity contribution in [2.75, 3.05) is 13.1 Å². The van der Waals surface area contributed by atoms with Crippen molar-refractivity contribution in [3.05, 3.63) is 0 Å².